The molecule has 0 aliphatic carbocycles. The minimum atomic E-state index is 0.973. The molecule has 0 aromatic heterocycles. The highest BCUT2D eigenvalue weighted by atomic mass is 14.7. The van der Waals surface area contributed by atoms with Crippen LogP contribution in [-0.2, 0) is 0 Å². The number of hydrogen-bond donors (Lipinski definition) is 0. The Balaban J connectivity index is 3.15. The van der Waals surface area contributed by atoms with Crippen molar-refractivity contribution >= 4 is 12.4 Å². The van der Waals surface area contributed by atoms with Crippen LogP contribution in [0.4, 0.5) is 0 Å². The van der Waals surface area contributed by atoms with Gasteiger partial charge in [-0.05, 0) is 12.8 Å². The predicted molar refractivity (Wildman–Crippen MR) is 130 cm³/mol. The van der Waals surface area contributed by atoms with E-state index in [4.69, 9.17) is 0 Å². The van der Waals surface area contributed by atoms with Gasteiger partial charge in [0, 0.05) is 25.5 Å². The molecule has 0 radical (unpaired) electrons. The summed E-state index contributed by atoms with van der Waals surface area (Å²) in [6.07, 6.45) is 31.6. The molecule has 2 heteroatoms. The Bertz CT molecular complexity index is 290. The lowest BCUT2D eigenvalue weighted by molar-refractivity contribution is 0.558. The van der Waals surface area contributed by atoms with Crippen LogP contribution in [0.3, 0.4) is 0 Å². The van der Waals surface area contributed by atoms with Crippen LogP contribution < -0.4 is 0 Å². The van der Waals surface area contributed by atoms with Crippen molar-refractivity contribution in [3.63, 3.8) is 0 Å². The van der Waals surface area contributed by atoms with E-state index in [1.165, 1.54) is 128 Å². The minimum absolute atomic E-state index is 0.973. The molecule has 0 saturated heterocycles. The molecule has 0 unspecified atom stereocenters. The summed E-state index contributed by atoms with van der Waals surface area (Å²) in [6, 6.07) is 0. The van der Waals surface area contributed by atoms with Crippen molar-refractivity contribution in [1.82, 2.24) is 0 Å². The highest BCUT2D eigenvalue weighted by Crippen LogP contribution is 2.11. The third-order valence-corrected chi connectivity index (χ3v) is 5.56. The second-order valence-electron chi connectivity index (χ2n) is 8.47. The van der Waals surface area contributed by atoms with Gasteiger partial charge in [0.15, 0.2) is 0 Å². The number of hydrogen-bond acceptors (Lipinski definition) is 2. The third kappa shape index (κ3) is 25.3. The molecule has 0 aliphatic heterocycles. The summed E-state index contributed by atoms with van der Waals surface area (Å²) in [6.45, 7) is 6.52. The Kier molecular flexibility index (Phi) is 25.7. The smallest absolute Gasteiger partial charge is 0.0390 e. The van der Waals surface area contributed by atoms with E-state index < -0.39 is 0 Å². The van der Waals surface area contributed by atoms with Crippen molar-refractivity contribution in [2.75, 3.05) is 13.1 Å². The van der Waals surface area contributed by atoms with Crippen LogP contribution in [0.25, 0.3) is 0 Å². The van der Waals surface area contributed by atoms with E-state index in [1.807, 2.05) is 12.4 Å². The molecule has 0 amide bonds. The van der Waals surface area contributed by atoms with E-state index in [9.17, 15) is 0 Å². The SMILES string of the molecule is CCCCCCCCCCCCN=CC=NCCCCCCCCCCCC. The molecule has 0 atom stereocenters. The van der Waals surface area contributed by atoms with Gasteiger partial charge in [0.2, 0.25) is 0 Å². The number of unbranched alkanes of at least 4 members (excludes halogenated alkanes) is 18. The molecule has 0 N–H and O–H groups in total. The summed E-state index contributed by atoms with van der Waals surface area (Å²) in [5.41, 5.74) is 0. The lowest BCUT2D eigenvalue weighted by Crippen LogP contribution is -1.88. The molecule has 0 fully saturated rings. The van der Waals surface area contributed by atoms with Gasteiger partial charge in [0.25, 0.3) is 0 Å². The lowest BCUT2D eigenvalue weighted by Gasteiger charge is -2.01. The van der Waals surface area contributed by atoms with Crippen LogP contribution in [0.2, 0.25) is 0 Å². The van der Waals surface area contributed by atoms with Crippen molar-refractivity contribution in [1.29, 1.82) is 0 Å². The summed E-state index contributed by atoms with van der Waals surface area (Å²) in [7, 11) is 0. The van der Waals surface area contributed by atoms with Crippen LogP contribution in [0.15, 0.2) is 9.98 Å². The van der Waals surface area contributed by atoms with E-state index in [1.54, 1.807) is 0 Å². The molecule has 28 heavy (non-hydrogen) atoms. The van der Waals surface area contributed by atoms with Gasteiger partial charge in [-0.1, -0.05) is 129 Å². The molecule has 0 spiro atoms. The fourth-order valence-corrected chi connectivity index (χ4v) is 3.62. The normalized spacial score (nSPS) is 11.9. The zero-order valence-corrected chi connectivity index (χ0v) is 19.6. The molecule has 0 saturated carbocycles. The topological polar surface area (TPSA) is 24.7 Å². The maximum Gasteiger partial charge on any atom is 0.0390 e. The van der Waals surface area contributed by atoms with Gasteiger partial charge in [-0.15, -0.1) is 0 Å². The van der Waals surface area contributed by atoms with Crippen molar-refractivity contribution < 1.29 is 0 Å². The van der Waals surface area contributed by atoms with E-state index in [2.05, 4.69) is 23.8 Å². The van der Waals surface area contributed by atoms with Crippen molar-refractivity contribution in [2.24, 2.45) is 9.98 Å². The van der Waals surface area contributed by atoms with Crippen LogP contribution >= 0.6 is 0 Å². The molecular formula is C26H52N2. The first-order valence-electron chi connectivity index (χ1n) is 12.9. The first kappa shape index (κ1) is 27.3. The Morgan fingerprint density at radius 2 is 0.607 bits per heavy atom. The van der Waals surface area contributed by atoms with Gasteiger partial charge in [0.05, 0.1) is 0 Å². The standard InChI is InChI=1S/C26H52N2/c1-3-5-7-9-11-13-15-17-19-21-23-27-25-26-28-24-22-20-18-16-14-12-10-8-6-4-2/h25-26H,3-24H2,1-2H3. The minimum Gasteiger partial charge on any atom is -0.292 e. The highest BCUT2D eigenvalue weighted by Gasteiger charge is 1.93. The molecule has 0 heterocycles. The molecule has 166 valence electrons. The maximum absolute atomic E-state index is 4.45. The lowest BCUT2D eigenvalue weighted by atomic mass is 10.1. The van der Waals surface area contributed by atoms with Gasteiger partial charge in [0.1, 0.15) is 0 Å². The monoisotopic (exact) mass is 392 g/mol. The summed E-state index contributed by atoms with van der Waals surface area (Å²) in [4.78, 5) is 8.91. The Hall–Kier alpha value is -0.660. The zero-order valence-electron chi connectivity index (χ0n) is 19.6. The number of aliphatic imine (C=N–C) groups is 2. The largest absolute Gasteiger partial charge is 0.292 e. The number of nitrogens with zero attached hydrogens (tertiary/aromatic N) is 2. The van der Waals surface area contributed by atoms with Crippen molar-refractivity contribution in [3.8, 4) is 0 Å². The van der Waals surface area contributed by atoms with Gasteiger partial charge >= 0.3 is 0 Å². The molecule has 0 aliphatic rings. The Labute approximate surface area is 178 Å². The fraction of sp³-hybridized carbons (Fsp3) is 0.923. The van der Waals surface area contributed by atoms with Crippen molar-refractivity contribution in [3.05, 3.63) is 0 Å². The molecular weight excluding hydrogens is 340 g/mol. The van der Waals surface area contributed by atoms with E-state index >= 15 is 0 Å². The van der Waals surface area contributed by atoms with Gasteiger partial charge in [-0.3, -0.25) is 9.98 Å². The summed E-state index contributed by atoms with van der Waals surface area (Å²) in [5, 5.41) is 0. The summed E-state index contributed by atoms with van der Waals surface area (Å²) >= 11 is 0. The predicted octanol–water partition coefficient (Wildman–Crippen LogP) is 8.97. The van der Waals surface area contributed by atoms with Crippen LogP contribution in [0, 0.1) is 0 Å². The van der Waals surface area contributed by atoms with Gasteiger partial charge in [-0.2, -0.15) is 0 Å². The average Bonchev–Trinajstić information content (AvgIpc) is 2.71. The molecule has 0 aromatic rings. The molecule has 0 rings (SSSR count). The van der Waals surface area contributed by atoms with Crippen LogP contribution in [0.1, 0.15) is 142 Å². The zero-order chi connectivity index (χ0) is 20.4. The Morgan fingerprint density at radius 1 is 0.357 bits per heavy atom. The van der Waals surface area contributed by atoms with Gasteiger partial charge < -0.3 is 0 Å². The van der Waals surface area contributed by atoms with Crippen LogP contribution in [-0.4, -0.2) is 25.5 Å². The second-order valence-corrected chi connectivity index (χ2v) is 8.47. The third-order valence-electron chi connectivity index (χ3n) is 5.56. The van der Waals surface area contributed by atoms with Gasteiger partial charge in [-0.25, -0.2) is 0 Å². The highest BCUT2D eigenvalue weighted by molar-refractivity contribution is 6.15. The number of rotatable bonds is 23. The first-order chi connectivity index (χ1) is 13.9. The van der Waals surface area contributed by atoms with Crippen molar-refractivity contribution in [2.45, 2.75) is 142 Å². The molecule has 2 nitrogen and oxygen atoms in total. The Morgan fingerprint density at radius 3 is 0.893 bits per heavy atom. The van der Waals surface area contributed by atoms with Crippen LogP contribution in [0.5, 0.6) is 0 Å². The van der Waals surface area contributed by atoms with E-state index in [0.29, 0.717) is 0 Å². The fourth-order valence-electron chi connectivity index (χ4n) is 3.62. The van der Waals surface area contributed by atoms with E-state index in [-0.39, 0.29) is 0 Å². The first-order valence-corrected chi connectivity index (χ1v) is 12.9. The second kappa shape index (κ2) is 26.3. The summed E-state index contributed by atoms with van der Waals surface area (Å²) in [5.74, 6) is 0. The quantitative estimate of drug-likeness (QED) is 0.122. The molecule has 0 aromatic carbocycles. The summed E-state index contributed by atoms with van der Waals surface area (Å²) < 4.78 is 0. The average molecular weight is 393 g/mol. The van der Waals surface area contributed by atoms with E-state index in [0.717, 1.165) is 13.1 Å². The molecule has 0 bridgehead atoms. The maximum atomic E-state index is 4.45.